The highest BCUT2D eigenvalue weighted by molar-refractivity contribution is 6.04. The van der Waals surface area contributed by atoms with Gasteiger partial charge in [0.05, 0.1) is 18.7 Å². The van der Waals surface area contributed by atoms with Crippen LogP contribution in [0.2, 0.25) is 0 Å². The van der Waals surface area contributed by atoms with Gasteiger partial charge in [-0.25, -0.2) is 0 Å². The number of aliphatic hydroxyl groups is 1. The molecule has 2 fully saturated rings. The fourth-order valence-electron chi connectivity index (χ4n) is 5.08. The van der Waals surface area contributed by atoms with Gasteiger partial charge in [0.2, 0.25) is 0 Å². The van der Waals surface area contributed by atoms with E-state index in [9.17, 15) is 9.90 Å². The van der Waals surface area contributed by atoms with E-state index >= 15 is 0 Å². The molecule has 1 saturated carbocycles. The van der Waals surface area contributed by atoms with Crippen molar-refractivity contribution in [3.8, 4) is 11.5 Å². The van der Waals surface area contributed by atoms with Gasteiger partial charge in [-0.05, 0) is 42.9 Å². The van der Waals surface area contributed by atoms with Crippen molar-refractivity contribution in [1.29, 1.82) is 0 Å². The number of rotatable bonds is 4. The molecule has 1 aromatic heterocycles. The normalized spacial score (nSPS) is 25.5. The highest BCUT2D eigenvalue weighted by atomic mass is 16.5. The molecule has 0 unspecified atom stereocenters. The van der Waals surface area contributed by atoms with Crippen molar-refractivity contribution in [2.75, 3.05) is 20.2 Å². The van der Waals surface area contributed by atoms with Crippen molar-refractivity contribution < 1.29 is 19.4 Å². The van der Waals surface area contributed by atoms with E-state index in [0.717, 1.165) is 10.9 Å². The van der Waals surface area contributed by atoms with Gasteiger partial charge < -0.3 is 19.5 Å². The summed E-state index contributed by atoms with van der Waals surface area (Å²) in [5.74, 6) is 1.82. The minimum Gasteiger partial charge on any atom is -0.493 e. The molecule has 0 bridgehead atoms. The van der Waals surface area contributed by atoms with Crippen LogP contribution in [0.5, 0.6) is 11.5 Å². The second kappa shape index (κ2) is 7.89. The third kappa shape index (κ3) is 3.53. The Labute approximate surface area is 181 Å². The first-order valence-corrected chi connectivity index (χ1v) is 10.7. The minimum absolute atomic E-state index is 0.0390. The summed E-state index contributed by atoms with van der Waals surface area (Å²) < 4.78 is 13.3. The summed E-state index contributed by atoms with van der Waals surface area (Å²) in [6, 6.07) is 15.3. The van der Waals surface area contributed by atoms with E-state index < -0.39 is 6.10 Å². The molecule has 1 amide bonds. The van der Waals surface area contributed by atoms with Gasteiger partial charge in [0.25, 0.3) is 5.91 Å². The summed E-state index contributed by atoms with van der Waals surface area (Å²) in [7, 11) is 3.47. The molecular formula is C24H27N3O4. The third-order valence-electron chi connectivity index (χ3n) is 6.68. The molecule has 1 saturated heterocycles. The van der Waals surface area contributed by atoms with E-state index in [-0.39, 0.29) is 17.9 Å². The summed E-state index contributed by atoms with van der Waals surface area (Å²) in [5, 5.41) is 16.1. The zero-order chi connectivity index (χ0) is 21.5. The Morgan fingerprint density at radius 1 is 1.03 bits per heavy atom. The lowest BCUT2D eigenvalue weighted by Crippen LogP contribution is -2.42. The van der Waals surface area contributed by atoms with E-state index in [4.69, 9.17) is 9.47 Å². The van der Waals surface area contributed by atoms with E-state index in [1.54, 1.807) is 11.8 Å². The zero-order valence-electron chi connectivity index (χ0n) is 17.8. The maximum atomic E-state index is 13.3. The highest BCUT2D eigenvalue weighted by Crippen LogP contribution is 2.40. The molecule has 2 aromatic carbocycles. The molecule has 0 spiro atoms. The predicted molar refractivity (Wildman–Crippen MR) is 116 cm³/mol. The number of benzene rings is 2. The molecule has 2 aliphatic rings. The quantitative estimate of drug-likeness (QED) is 0.701. The molecule has 7 heteroatoms. The second-order valence-corrected chi connectivity index (χ2v) is 8.57. The number of methoxy groups -OCH3 is 1. The number of ether oxygens (including phenoxy) is 2. The van der Waals surface area contributed by atoms with Crippen molar-refractivity contribution in [3.63, 3.8) is 0 Å². The molecule has 31 heavy (non-hydrogen) atoms. The van der Waals surface area contributed by atoms with Gasteiger partial charge in [-0.2, -0.15) is 5.10 Å². The maximum absolute atomic E-state index is 13.3. The Bertz CT molecular complexity index is 1110. The standard InChI is InChI=1S/C24H27N3O4/c1-26-18-8-4-3-7-17(18)23(25-26)24(29)27-13-15-11-19(28)22(12-16(15)14-27)31-21-10-6-5-9-20(21)30-2/h3-10,15-16,19,22,28H,11-14H2,1-2H3/t15-,16+,19+,22+/m0/s1. The van der Waals surface area contributed by atoms with Gasteiger partial charge in [-0.15, -0.1) is 0 Å². The Morgan fingerprint density at radius 3 is 2.48 bits per heavy atom. The van der Waals surface area contributed by atoms with Crippen molar-refractivity contribution in [2.24, 2.45) is 18.9 Å². The number of nitrogens with zero attached hydrogens (tertiary/aromatic N) is 3. The molecule has 7 nitrogen and oxygen atoms in total. The van der Waals surface area contributed by atoms with Crippen LogP contribution in [-0.4, -0.2) is 58.1 Å². The van der Waals surface area contributed by atoms with Gasteiger partial charge >= 0.3 is 0 Å². The summed E-state index contributed by atoms with van der Waals surface area (Å²) in [6.07, 6.45) is 0.439. The van der Waals surface area contributed by atoms with Crippen LogP contribution in [0.15, 0.2) is 48.5 Å². The minimum atomic E-state index is -0.572. The number of carbonyl (C=O) groups is 1. The number of aliphatic hydroxyl groups excluding tert-OH is 1. The first kappa shape index (κ1) is 19.9. The lowest BCUT2D eigenvalue weighted by molar-refractivity contribution is -0.0240. The van der Waals surface area contributed by atoms with Crippen molar-refractivity contribution >= 4 is 16.8 Å². The van der Waals surface area contributed by atoms with Crippen molar-refractivity contribution in [2.45, 2.75) is 25.0 Å². The molecule has 1 N–H and O–H groups in total. The molecule has 4 atom stereocenters. The van der Waals surface area contributed by atoms with Gasteiger partial charge in [0, 0.05) is 25.5 Å². The van der Waals surface area contributed by atoms with E-state index in [1.807, 2.05) is 60.5 Å². The van der Waals surface area contributed by atoms with Crippen LogP contribution in [0.25, 0.3) is 10.9 Å². The largest absolute Gasteiger partial charge is 0.493 e. The maximum Gasteiger partial charge on any atom is 0.275 e. The van der Waals surface area contributed by atoms with Gasteiger partial charge in [-0.1, -0.05) is 30.3 Å². The Kier molecular flexibility index (Phi) is 5.06. The lowest BCUT2D eigenvalue weighted by Gasteiger charge is -2.35. The average molecular weight is 421 g/mol. The van der Waals surface area contributed by atoms with Crippen LogP contribution in [0.1, 0.15) is 23.3 Å². The van der Waals surface area contributed by atoms with Crippen LogP contribution in [-0.2, 0) is 7.05 Å². The second-order valence-electron chi connectivity index (χ2n) is 8.57. The Balaban J connectivity index is 1.32. The number of likely N-dealkylation sites (tertiary alicyclic amines) is 1. The molecule has 5 rings (SSSR count). The van der Waals surface area contributed by atoms with Crippen LogP contribution in [0, 0.1) is 11.8 Å². The van der Waals surface area contributed by atoms with Crippen LogP contribution >= 0.6 is 0 Å². The number of hydrogen-bond donors (Lipinski definition) is 1. The smallest absolute Gasteiger partial charge is 0.275 e. The molecule has 3 aromatic rings. The zero-order valence-corrected chi connectivity index (χ0v) is 17.8. The van der Waals surface area contributed by atoms with Gasteiger partial charge in [-0.3, -0.25) is 9.48 Å². The van der Waals surface area contributed by atoms with Crippen LogP contribution in [0.3, 0.4) is 0 Å². The molecule has 2 heterocycles. The number of aromatic nitrogens is 2. The SMILES string of the molecule is COc1ccccc1O[C@@H]1C[C@@H]2CN(C(=O)c3nn(C)c4ccccc34)C[C@@H]2C[C@H]1O. The average Bonchev–Trinajstić information content (AvgIpc) is 3.35. The number of hydrogen-bond acceptors (Lipinski definition) is 5. The number of aryl methyl sites for hydroxylation is 1. The third-order valence-corrected chi connectivity index (χ3v) is 6.68. The first-order valence-electron chi connectivity index (χ1n) is 10.7. The molecule has 1 aliphatic heterocycles. The number of carbonyl (C=O) groups excluding carboxylic acids is 1. The van der Waals surface area contributed by atoms with E-state index in [2.05, 4.69) is 5.10 Å². The molecule has 1 aliphatic carbocycles. The fourth-order valence-corrected chi connectivity index (χ4v) is 5.08. The number of amides is 1. The summed E-state index contributed by atoms with van der Waals surface area (Å²) in [4.78, 5) is 15.2. The van der Waals surface area contributed by atoms with E-state index in [0.29, 0.717) is 49.0 Å². The van der Waals surface area contributed by atoms with Gasteiger partial charge in [0.15, 0.2) is 17.2 Å². The van der Waals surface area contributed by atoms with Crippen molar-refractivity contribution in [1.82, 2.24) is 14.7 Å². The summed E-state index contributed by atoms with van der Waals surface area (Å²) >= 11 is 0. The molecule has 0 radical (unpaired) electrons. The number of para-hydroxylation sites is 3. The highest BCUT2D eigenvalue weighted by Gasteiger charge is 2.44. The fraction of sp³-hybridized carbons (Fsp3) is 0.417. The summed E-state index contributed by atoms with van der Waals surface area (Å²) in [5.41, 5.74) is 1.45. The lowest BCUT2D eigenvalue weighted by atomic mass is 9.78. The number of fused-ring (bicyclic) bond motifs is 2. The molecular weight excluding hydrogens is 394 g/mol. The Hall–Kier alpha value is -3.06. The van der Waals surface area contributed by atoms with E-state index in [1.165, 1.54) is 0 Å². The summed E-state index contributed by atoms with van der Waals surface area (Å²) in [6.45, 7) is 1.31. The van der Waals surface area contributed by atoms with Crippen LogP contribution < -0.4 is 9.47 Å². The predicted octanol–water partition coefficient (Wildman–Crippen LogP) is 2.87. The molecule has 162 valence electrons. The van der Waals surface area contributed by atoms with Gasteiger partial charge in [0.1, 0.15) is 6.10 Å². The first-order chi connectivity index (χ1) is 15.0. The monoisotopic (exact) mass is 421 g/mol. The van der Waals surface area contributed by atoms with Crippen LogP contribution in [0.4, 0.5) is 0 Å². The van der Waals surface area contributed by atoms with Crippen molar-refractivity contribution in [3.05, 3.63) is 54.2 Å². The topological polar surface area (TPSA) is 76.8 Å². The Morgan fingerprint density at radius 2 is 1.71 bits per heavy atom.